The van der Waals surface area contributed by atoms with E-state index in [-0.39, 0.29) is 0 Å². The Balaban J connectivity index is 1.85. The van der Waals surface area contributed by atoms with Gasteiger partial charge in [0.2, 0.25) is 0 Å². The standard InChI is InChI=1S/C15H19N5O/c1-3-12-5-4-11(2)20-14(12)13(16)15(18-20)21-9-8-19-7-6-17-10-19/h4-7,10H,3,8-9,16H2,1-2H3. The highest BCUT2D eigenvalue weighted by molar-refractivity contribution is 5.78. The lowest BCUT2D eigenvalue weighted by Crippen LogP contribution is -2.07. The molecule has 6 heteroatoms. The number of imidazole rings is 1. The first kappa shape index (κ1) is 13.5. The van der Waals surface area contributed by atoms with Gasteiger partial charge in [0.05, 0.1) is 18.4 Å². The Labute approximate surface area is 123 Å². The van der Waals surface area contributed by atoms with Crippen LogP contribution in [0.5, 0.6) is 5.88 Å². The monoisotopic (exact) mass is 285 g/mol. The molecule has 0 unspecified atom stereocenters. The molecule has 0 radical (unpaired) electrons. The van der Waals surface area contributed by atoms with E-state index in [0.29, 0.717) is 24.7 Å². The van der Waals surface area contributed by atoms with Gasteiger partial charge in [-0.25, -0.2) is 9.50 Å². The number of hydrogen-bond donors (Lipinski definition) is 1. The molecule has 0 amide bonds. The molecule has 0 fully saturated rings. The maximum Gasteiger partial charge on any atom is 0.257 e. The fourth-order valence-electron chi connectivity index (χ4n) is 2.40. The van der Waals surface area contributed by atoms with Crippen LogP contribution in [0.2, 0.25) is 0 Å². The molecule has 3 heterocycles. The molecule has 0 aliphatic rings. The summed E-state index contributed by atoms with van der Waals surface area (Å²) < 4.78 is 9.56. The molecule has 0 spiro atoms. The van der Waals surface area contributed by atoms with Crippen molar-refractivity contribution in [1.82, 2.24) is 19.2 Å². The molecule has 3 aromatic heterocycles. The van der Waals surface area contributed by atoms with Crippen molar-refractivity contribution < 1.29 is 4.74 Å². The van der Waals surface area contributed by atoms with Crippen LogP contribution in [0.3, 0.4) is 0 Å². The highest BCUT2D eigenvalue weighted by atomic mass is 16.5. The van der Waals surface area contributed by atoms with Crippen LogP contribution in [0.1, 0.15) is 18.2 Å². The van der Waals surface area contributed by atoms with Crippen molar-refractivity contribution in [3.8, 4) is 5.88 Å². The van der Waals surface area contributed by atoms with E-state index < -0.39 is 0 Å². The van der Waals surface area contributed by atoms with E-state index in [2.05, 4.69) is 23.1 Å². The quantitative estimate of drug-likeness (QED) is 0.779. The summed E-state index contributed by atoms with van der Waals surface area (Å²) in [6.07, 6.45) is 6.32. The lowest BCUT2D eigenvalue weighted by Gasteiger charge is -2.04. The van der Waals surface area contributed by atoms with Gasteiger partial charge in [0.25, 0.3) is 5.88 Å². The van der Waals surface area contributed by atoms with Gasteiger partial charge in [-0.1, -0.05) is 13.0 Å². The third kappa shape index (κ3) is 2.44. The zero-order valence-electron chi connectivity index (χ0n) is 12.3. The van der Waals surface area contributed by atoms with E-state index in [1.807, 2.05) is 28.3 Å². The normalized spacial score (nSPS) is 11.1. The minimum absolute atomic E-state index is 0.499. The van der Waals surface area contributed by atoms with Crippen molar-refractivity contribution in [2.45, 2.75) is 26.8 Å². The molecule has 0 saturated heterocycles. The molecular weight excluding hydrogens is 266 g/mol. The molecule has 0 aliphatic carbocycles. The van der Waals surface area contributed by atoms with Crippen LogP contribution in [0.25, 0.3) is 5.52 Å². The lowest BCUT2D eigenvalue weighted by atomic mass is 10.1. The molecule has 0 bridgehead atoms. The predicted octanol–water partition coefficient (Wildman–Crippen LogP) is 2.06. The van der Waals surface area contributed by atoms with Crippen LogP contribution < -0.4 is 10.5 Å². The number of anilines is 1. The van der Waals surface area contributed by atoms with Crippen molar-refractivity contribution >= 4 is 11.2 Å². The molecule has 0 saturated carbocycles. The van der Waals surface area contributed by atoms with E-state index in [4.69, 9.17) is 10.5 Å². The van der Waals surface area contributed by atoms with Crippen molar-refractivity contribution in [2.24, 2.45) is 0 Å². The van der Waals surface area contributed by atoms with Gasteiger partial charge in [0.1, 0.15) is 12.3 Å². The summed E-state index contributed by atoms with van der Waals surface area (Å²) >= 11 is 0. The first-order valence-electron chi connectivity index (χ1n) is 7.06. The third-order valence-corrected chi connectivity index (χ3v) is 3.58. The molecule has 2 N–H and O–H groups in total. The molecule has 21 heavy (non-hydrogen) atoms. The summed E-state index contributed by atoms with van der Waals surface area (Å²) in [5.74, 6) is 0.499. The minimum Gasteiger partial charge on any atom is -0.473 e. The predicted molar refractivity (Wildman–Crippen MR) is 81.4 cm³/mol. The first-order valence-corrected chi connectivity index (χ1v) is 7.06. The number of nitrogens with zero attached hydrogens (tertiary/aromatic N) is 4. The van der Waals surface area contributed by atoms with E-state index >= 15 is 0 Å². The Morgan fingerprint density at radius 2 is 2.19 bits per heavy atom. The summed E-state index contributed by atoms with van der Waals surface area (Å²) in [4.78, 5) is 4.00. The van der Waals surface area contributed by atoms with Crippen LogP contribution in [0.15, 0.2) is 30.9 Å². The van der Waals surface area contributed by atoms with E-state index in [1.165, 1.54) is 5.56 Å². The van der Waals surface area contributed by atoms with Gasteiger partial charge in [-0.2, -0.15) is 0 Å². The zero-order chi connectivity index (χ0) is 14.8. The number of nitrogen functional groups attached to an aromatic ring is 1. The van der Waals surface area contributed by atoms with Crippen molar-refractivity contribution in [3.63, 3.8) is 0 Å². The Bertz CT molecular complexity index is 745. The Kier molecular flexibility index (Phi) is 3.51. The van der Waals surface area contributed by atoms with Gasteiger partial charge >= 0.3 is 0 Å². The van der Waals surface area contributed by atoms with E-state index in [1.54, 1.807) is 12.5 Å². The fourth-order valence-corrected chi connectivity index (χ4v) is 2.40. The number of nitrogens with two attached hydrogens (primary N) is 1. The topological polar surface area (TPSA) is 70.4 Å². The third-order valence-electron chi connectivity index (χ3n) is 3.58. The highest BCUT2D eigenvalue weighted by Gasteiger charge is 2.15. The first-order chi connectivity index (χ1) is 10.2. The van der Waals surface area contributed by atoms with Crippen LogP contribution in [-0.2, 0) is 13.0 Å². The zero-order valence-corrected chi connectivity index (χ0v) is 12.3. The largest absolute Gasteiger partial charge is 0.473 e. The van der Waals surface area contributed by atoms with Gasteiger partial charge in [-0.15, -0.1) is 5.10 Å². The Morgan fingerprint density at radius 1 is 1.33 bits per heavy atom. The smallest absolute Gasteiger partial charge is 0.257 e. The number of rotatable bonds is 5. The number of aryl methyl sites for hydroxylation is 2. The fraction of sp³-hybridized carbons (Fsp3) is 0.333. The van der Waals surface area contributed by atoms with Crippen LogP contribution in [0, 0.1) is 6.92 Å². The Morgan fingerprint density at radius 3 is 2.90 bits per heavy atom. The van der Waals surface area contributed by atoms with Crippen LogP contribution in [-0.4, -0.2) is 25.8 Å². The van der Waals surface area contributed by atoms with Gasteiger partial charge in [0, 0.05) is 18.1 Å². The molecule has 6 nitrogen and oxygen atoms in total. The maximum absolute atomic E-state index is 6.22. The maximum atomic E-state index is 6.22. The second-order valence-electron chi connectivity index (χ2n) is 4.98. The van der Waals surface area contributed by atoms with Gasteiger partial charge in [-0.3, -0.25) is 0 Å². The number of hydrogen-bond acceptors (Lipinski definition) is 4. The minimum atomic E-state index is 0.499. The molecule has 0 aromatic carbocycles. The SMILES string of the molecule is CCc1ccc(C)n2nc(OCCn3ccnc3)c(N)c12. The van der Waals surface area contributed by atoms with Crippen LogP contribution in [0.4, 0.5) is 5.69 Å². The van der Waals surface area contributed by atoms with Crippen LogP contribution >= 0.6 is 0 Å². The number of fused-ring (bicyclic) bond motifs is 1. The average molecular weight is 285 g/mol. The summed E-state index contributed by atoms with van der Waals surface area (Å²) in [5, 5.41) is 4.48. The molecule has 0 aliphatic heterocycles. The number of ether oxygens (including phenoxy) is 1. The summed E-state index contributed by atoms with van der Waals surface area (Å²) in [5.41, 5.74) is 10.00. The second kappa shape index (κ2) is 5.47. The second-order valence-corrected chi connectivity index (χ2v) is 4.98. The molecular formula is C15H19N5O. The Hall–Kier alpha value is -2.50. The summed E-state index contributed by atoms with van der Waals surface area (Å²) in [6.45, 7) is 5.34. The summed E-state index contributed by atoms with van der Waals surface area (Å²) in [6, 6.07) is 4.14. The van der Waals surface area contributed by atoms with Crippen molar-refractivity contribution in [1.29, 1.82) is 0 Å². The van der Waals surface area contributed by atoms with E-state index in [0.717, 1.165) is 17.6 Å². The molecule has 110 valence electrons. The summed E-state index contributed by atoms with van der Waals surface area (Å²) in [7, 11) is 0. The lowest BCUT2D eigenvalue weighted by molar-refractivity contribution is 0.287. The van der Waals surface area contributed by atoms with E-state index in [9.17, 15) is 0 Å². The molecule has 3 aromatic rings. The average Bonchev–Trinajstić information content (AvgIpc) is 3.10. The van der Waals surface area contributed by atoms with Crippen molar-refractivity contribution in [3.05, 3.63) is 42.1 Å². The van der Waals surface area contributed by atoms with Crippen molar-refractivity contribution in [2.75, 3.05) is 12.3 Å². The molecule has 0 atom stereocenters. The molecule has 3 rings (SSSR count). The number of pyridine rings is 1. The van der Waals surface area contributed by atoms with Gasteiger partial charge in [-0.05, 0) is 25.0 Å². The highest BCUT2D eigenvalue weighted by Crippen LogP contribution is 2.29. The van der Waals surface area contributed by atoms with Gasteiger partial charge in [0.15, 0.2) is 0 Å². The number of aromatic nitrogens is 4. The van der Waals surface area contributed by atoms with Gasteiger partial charge < -0.3 is 15.0 Å².